The van der Waals surface area contributed by atoms with Crippen molar-refractivity contribution >= 4 is 0 Å². The largest absolute Gasteiger partial charge is 0.392 e. The third-order valence-corrected chi connectivity index (χ3v) is 4.44. The summed E-state index contributed by atoms with van der Waals surface area (Å²) in [4.78, 5) is 0. The topological polar surface area (TPSA) is 41.5 Å². The minimum absolute atomic E-state index is 0.137. The summed E-state index contributed by atoms with van der Waals surface area (Å²) >= 11 is 0. The lowest BCUT2D eigenvalue weighted by Gasteiger charge is -2.53. The molecule has 0 aromatic carbocycles. The molecule has 16 heavy (non-hydrogen) atoms. The predicted molar refractivity (Wildman–Crippen MR) is 64.4 cm³/mol. The first kappa shape index (κ1) is 12.3. The SMILES string of the molecule is CCOC1CC(N[C@H]2CCC[C@@H]2O)C1(C)C. The Morgan fingerprint density at radius 1 is 1.38 bits per heavy atom. The van der Waals surface area contributed by atoms with Crippen molar-refractivity contribution in [2.45, 2.75) is 70.7 Å². The molecule has 0 heterocycles. The standard InChI is InChI=1S/C13H25NO2/c1-4-16-12-8-11(13(12,2)3)14-9-6-5-7-10(9)15/h9-12,14-15H,4-8H2,1-3H3/t9-,10-,11?,12?/m0/s1. The highest BCUT2D eigenvalue weighted by atomic mass is 16.5. The van der Waals surface area contributed by atoms with E-state index in [-0.39, 0.29) is 11.5 Å². The lowest BCUT2D eigenvalue weighted by molar-refractivity contribution is -0.118. The van der Waals surface area contributed by atoms with Gasteiger partial charge in [-0.25, -0.2) is 0 Å². The minimum atomic E-state index is -0.137. The molecule has 2 fully saturated rings. The summed E-state index contributed by atoms with van der Waals surface area (Å²) in [5.41, 5.74) is 0.207. The third-order valence-electron chi connectivity index (χ3n) is 4.44. The van der Waals surface area contributed by atoms with Gasteiger partial charge in [0.1, 0.15) is 0 Å². The summed E-state index contributed by atoms with van der Waals surface area (Å²) in [6.07, 6.45) is 4.56. The van der Waals surface area contributed by atoms with Crippen molar-refractivity contribution in [2.75, 3.05) is 6.61 Å². The highest BCUT2D eigenvalue weighted by molar-refractivity contribution is 5.04. The zero-order valence-electron chi connectivity index (χ0n) is 10.7. The molecule has 2 aliphatic rings. The molecule has 0 saturated heterocycles. The second kappa shape index (κ2) is 4.63. The van der Waals surface area contributed by atoms with Gasteiger partial charge in [-0.2, -0.15) is 0 Å². The molecule has 2 aliphatic carbocycles. The molecule has 0 aromatic rings. The van der Waals surface area contributed by atoms with Crippen LogP contribution in [0.1, 0.15) is 46.5 Å². The molecule has 3 nitrogen and oxygen atoms in total. The van der Waals surface area contributed by atoms with Crippen molar-refractivity contribution in [3.63, 3.8) is 0 Å². The number of rotatable bonds is 4. The molecule has 0 amide bonds. The Balaban J connectivity index is 1.84. The Labute approximate surface area is 98.6 Å². The highest BCUT2D eigenvalue weighted by Crippen LogP contribution is 2.43. The number of hydrogen-bond donors (Lipinski definition) is 2. The van der Waals surface area contributed by atoms with Crippen molar-refractivity contribution in [3.05, 3.63) is 0 Å². The van der Waals surface area contributed by atoms with E-state index in [4.69, 9.17) is 4.74 Å². The molecular formula is C13H25NO2. The van der Waals surface area contributed by atoms with Gasteiger partial charge in [-0.1, -0.05) is 13.8 Å². The van der Waals surface area contributed by atoms with Crippen LogP contribution in [0, 0.1) is 5.41 Å². The molecule has 2 saturated carbocycles. The normalized spacial score (nSPS) is 42.0. The Bertz CT molecular complexity index is 242. The first-order valence-corrected chi connectivity index (χ1v) is 6.61. The van der Waals surface area contributed by atoms with Gasteiger partial charge in [0.2, 0.25) is 0 Å². The van der Waals surface area contributed by atoms with Gasteiger partial charge in [-0.05, 0) is 32.6 Å². The van der Waals surface area contributed by atoms with Gasteiger partial charge in [0.15, 0.2) is 0 Å². The van der Waals surface area contributed by atoms with Crippen LogP contribution in [-0.4, -0.2) is 36.0 Å². The first-order chi connectivity index (χ1) is 7.55. The average Bonchev–Trinajstić information content (AvgIpc) is 2.63. The van der Waals surface area contributed by atoms with Gasteiger partial charge < -0.3 is 15.2 Å². The van der Waals surface area contributed by atoms with Crippen LogP contribution in [0.2, 0.25) is 0 Å². The molecular weight excluding hydrogens is 202 g/mol. The van der Waals surface area contributed by atoms with Gasteiger partial charge in [0.05, 0.1) is 12.2 Å². The van der Waals surface area contributed by atoms with E-state index in [2.05, 4.69) is 26.1 Å². The summed E-state index contributed by atoms with van der Waals surface area (Å²) < 4.78 is 5.71. The van der Waals surface area contributed by atoms with Crippen LogP contribution in [0.4, 0.5) is 0 Å². The van der Waals surface area contributed by atoms with Crippen molar-refractivity contribution in [1.29, 1.82) is 0 Å². The molecule has 0 bridgehead atoms. The monoisotopic (exact) mass is 227 g/mol. The summed E-state index contributed by atoms with van der Waals surface area (Å²) in [6, 6.07) is 0.814. The van der Waals surface area contributed by atoms with E-state index in [1.54, 1.807) is 0 Å². The third kappa shape index (κ3) is 2.13. The molecule has 2 rings (SSSR count). The highest BCUT2D eigenvalue weighted by Gasteiger charge is 2.49. The van der Waals surface area contributed by atoms with Crippen molar-refractivity contribution in [2.24, 2.45) is 5.41 Å². The van der Waals surface area contributed by atoms with Gasteiger partial charge in [0.25, 0.3) is 0 Å². The Kier molecular flexibility index (Phi) is 3.57. The fraction of sp³-hybridized carbons (Fsp3) is 1.00. The summed E-state index contributed by atoms with van der Waals surface area (Å²) in [5.74, 6) is 0. The van der Waals surface area contributed by atoms with E-state index >= 15 is 0 Å². The maximum atomic E-state index is 9.80. The first-order valence-electron chi connectivity index (χ1n) is 6.61. The molecule has 94 valence electrons. The van der Waals surface area contributed by atoms with Crippen LogP contribution >= 0.6 is 0 Å². The summed E-state index contributed by atoms with van der Waals surface area (Å²) in [5, 5.41) is 13.4. The van der Waals surface area contributed by atoms with E-state index in [1.807, 2.05) is 0 Å². The Morgan fingerprint density at radius 3 is 2.62 bits per heavy atom. The van der Waals surface area contributed by atoms with Crippen LogP contribution < -0.4 is 5.32 Å². The molecule has 0 aromatic heterocycles. The van der Waals surface area contributed by atoms with Crippen molar-refractivity contribution < 1.29 is 9.84 Å². The van der Waals surface area contributed by atoms with Gasteiger partial charge in [-0.15, -0.1) is 0 Å². The Hall–Kier alpha value is -0.120. The fourth-order valence-electron chi connectivity index (χ4n) is 3.05. The average molecular weight is 227 g/mol. The van der Waals surface area contributed by atoms with Crippen LogP contribution in [0.3, 0.4) is 0 Å². The van der Waals surface area contributed by atoms with Crippen molar-refractivity contribution in [3.8, 4) is 0 Å². The molecule has 0 aliphatic heterocycles. The predicted octanol–water partition coefficient (Wildman–Crippen LogP) is 1.69. The molecule has 0 spiro atoms. The van der Waals surface area contributed by atoms with E-state index in [1.165, 1.54) is 0 Å². The number of aliphatic hydroxyl groups excluding tert-OH is 1. The van der Waals surface area contributed by atoms with Crippen LogP contribution in [0.5, 0.6) is 0 Å². The second-order valence-corrected chi connectivity index (χ2v) is 5.83. The van der Waals surface area contributed by atoms with E-state index < -0.39 is 0 Å². The lowest BCUT2D eigenvalue weighted by atomic mass is 9.64. The zero-order valence-corrected chi connectivity index (χ0v) is 10.7. The maximum absolute atomic E-state index is 9.80. The molecule has 3 heteroatoms. The smallest absolute Gasteiger partial charge is 0.0693 e. The van der Waals surface area contributed by atoms with E-state index in [9.17, 15) is 5.11 Å². The van der Waals surface area contributed by atoms with Crippen LogP contribution in [-0.2, 0) is 4.74 Å². The minimum Gasteiger partial charge on any atom is -0.392 e. The van der Waals surface area contributed by atoms with E-state index in [0.717, 1.165) is 32.3 Å². The van der Waals surface area contributed by atoms with Gasteiger partial charge in [-0.3, -0.25) is 0 Å². The molecule has 0 radical (unpaired) electrons. The molecule has 2 N–H and O–H groups in total. The Morgan fingerprint density at radius 2 is 2.12 bits per heavy atom. The quantitative estimate of drug-likeness (QED) is 0.768. The van der Waals surface area contributed by atoms with Gasteiger partial charge >= 0.3 is 0 Å². The van der Waals surface area contributed by atoms with Crippen LogP contribution in [0.25, 0.3) is 0 Å². The second-order valence-electron chi connectivity index (χ2n) is 5.83. The van der Waals surface area contributed by atoms with Crippen LogP contribution in [0.15, 0.2) is 0 Å². The molecule has 2 unspecified atom stereocenters. The lowest BCUT2D eigenvalue weighted by Crippen LogP contribution is -2.63. The maximum Gasteiger partial charge on any atom is 0.0693 e. The molecule has 4 atom stereocenters. The number of ether oxygens (including phenoxy) is 1. The number of hydrogen-bond acceptors (Lipinski definition) is 3. The number of aliphatic hydroxyl groups is 1. The van der Waals surface area contributed by atoms with Gasteiger partial charge in [0, 0.05) is 24.1 Å². The van der Waals surface area contributed by atoms with Crippen molar-refractivity contribution in [1.82, 2.24) is 5.32 Å². The summed E-state index contributed by atoms with van der Waals surface area (Å²) in [6.45, 7) is 7.37. The zero-order chi connectivity index (χ0) is 11.8. The fourth-order valence-corrected chi connectivity index (χ4v) is 3.05. The van der Waals surface area contributed by atoms with E-state index in [0.29, 0.717) is 18.2 Å². The number of nitrogens with one attached hydrogen (secondary N) is 1. The summed E-state index contributed by atoms with van der Waals surface area (Å²) in [7, 11) is 0.